The first-order valence-corrected chi connectivity index (χ1v) is 7.08. The highest BCUT2D eigenvalue weighted by Crippen LogP contribution is 2.40. The summed E-state index contributed by atoms with van der Waals surface area (Å²) in [7, 11) is 4.74. The van der Waals surface area contributed by atoms with Crippen LogP contribution in [0.15, 0.2) is 18.2 Å². The van der Waals surface area contributed by atoms with E-state index < -0.39 is 0 Å². The molecule has 0 N–H and O–H groups in total. The molecular weight excluding hydrogens is 296 g/mol. The van der Waals surface area contributed by atoms with Gasteiger partial charge in [-0.15, -0.1) is 10.2 Å². The lowest BCUT2D eigenvalue weighted by atomic mass is 10.1. The summed E-state index contributed by atoms with van der Waals surface area (Å²) in [5.74, 6) is 2.90. The van der Waals surface area contributed by atoms with E-state index in [1.165, 1.54) is 0 Å². The largest absolute Gasteiger partial charge is 0.493 e. The van der Waals surface area contributed by atoms with E-state index in [9.17, 15) is 0 Å². The Morgan fingerprint density at radius 1 is 0.870 bits per heavy atom. The summed E-state index contributed by atoms with van der Waals surface area (Å²) in [4.78, 5) is 4.40. The van der Waals surface area contributed by atoms with Crippen LogP contribution >= 0.6 is 0 Å². The first kappa shape index (κ1) is 15.1. The van der Waals surface area contributed by atoms with Gasteiger partial charge in [0.15, 0.2) is 17.3 Å². The molecule has 0 saturated carbocycles. The van der Waals surface area contributed by atoms with Crippen LogP contribution in [0.2, 0.25) is 0 Å². The van der Waals surface area contributed by atoms with Crippen molar-refractivity contribution in [2.75, 3.05) is 21.3 Å². The van der Waals surface area contributed by atoms with Crippen molar-refractivity contribution < 1.29 is 14.2 Å². The fraction of sp³-hybridized carbons (Fsp3) is 0.312. The van der Waals surface area contributed by atoms with Gasteiger partial charge in [-0.05, 0) is 32.0 Å². The molecule has 0 atom stereocenters. The molecule has 0 bridgehead atoms. The fourth-order valence-corrected chi connectivity index (χ4v) is 2.63. The molecule has 3 aromatic rings. The van der Waals surface area contributed by atoms with E-state index in [2.05, 4.69) is 15.2 Å². The van der Waals surface area contributed by atoms with E-state index in [0.29, 0.717) is 28.9 Å². The van der Waals surface area contributed by atoms with Gasteiger partial charge < -0.3 is 14.2 Å². The van der Waals surface area contributed by atoms with Crippen LogP contribution in [-0.4, -0.2) is 40.9 Å². The smallest absolute Gasteiger partial charge is 0.255 e. The van der Waals surface area contributed by atoms with E-state index in [1.54, 1.807) is 21.3 Å². The summed E-state index contributed by atoms with van der Waals surface area (Å²) in [6.07, 6.45) is 0. The van der Waals surface area contributed by atoms with Crippen molar-refractivity contribution in [1.29, 1.82) is 0 Å². The van der Waals surface area contributed by atoms with Gasteiger partial charge in [0.25, 0.3) is 5.78 Å². The topological polar surface area (TPSA) is 70.8 Å². The molecule has 0 spiro atoms. The second-order valence-electron chi connectivity index (χ2n) is 5.11. The molecule has 0 aliphatic rings. The lowest BCUT2D eigenvalue weighted by Gasteiger charge is -2.13. The molecule has 7 nitrogen and oxygen atoms in total. The zero-order valence-electron chi connectivity index (χ0n) is 13.7. The highest BCUT2D eigenvalue weighted by molar-refractivity contribution is 5.68. The first-order chi connectivity index (χ1) is 11.1. The number of rotatable bonds is 4. The van der Waals surface area contributed by atoms with Gasteiger partial charge in [0, 0.05) is 17.0 Å². The van der Waals surface area contributed by atoms with E-state index in [1.807, 2.05) is 36.4 Å². The number of methoxy groups -OCH3 is 3. The number of aromatic nitrogens is 4. The van der Waals surface area contributed by atoms with Gasteiger partial charge in [-0.25, -0.2) is 4.98 Å². The maximum atomic E-state index is 5.40. The summed E-state index contributed by atoms with van der Waals surface area (Å²) >= 11 is 0. The van der Waals surface area contributed by atoms with Crippen LogP contribution in [0.5, 0.6) is 17.2 Å². The number of benzene rings is 1. The highest BCUT2D eigenvalue weighted by Gasteiger charge is 2.18. The highest BCUT2D eigenvalue weighted by atomic mass is 16.5. The molecule has 23 heavy (non-hydrogen) atoms. The summed E-state index contributed by atoms with van der Waals surface area (Å²) in [5, 5.41) is 8.43. The third-order valence-corrected chi connectivity index (χ3v) is 3.62. The Kier molecular flexibility index (Phi) is 3.77. The number of aryl methyl sites for hydroxylation is 2. The van der Waals surface area contributed by atoms with Crippen molar-refractivity contribution in [3.63, 3.8) is 0 Å². The SMILES string of the molecule is COc1cc(-c2nnc3nc(C)cc(C)n23)cc(OC)c1OC. The average Bonchev–Trinajstić information content (AvgIpc) is 2.97. The van der Waals surface area contributed by atoms with Gasteiger partial charge in [0.1, 0.15) is 0 Å². The zero-order valence-corrected chi connectivity index (χ0v) is 13.7. The van der Waals surface area contributed by atoms with Crippen LogP contribution in [0.4, 0.5) is 0 Å². The van der Waals surface area contributed by atoms with Crippen molar-refractivity contribution >= 4 is 5.78 Å². The molecule has 2 heterocycles. The second-order valence-corrected chi connectivity index (χ2v) is 5.11. The molecule has 0 radical (unpaired) electrons. The molecule has 0 amide bonds. The van der Waals surface area contributed by atoms with E-state index in [4.69, 9.17) is 14.2 Å². The maximum Gasteiger partial charge on any atom is 0.255 e. The third kappa shape index (κ3) is 2.44. The minimum absolute atomic E-state index is 0.540. The molecule has 0 aliphatic carbocycles. The quantitative estimate of drug-likeness (QED) is 0.736. The molecule has 0 aliphatic heterocycles. The Labute approximate surface area is 133 Å². The Bertz CT molecular complexity index is 848. The van der Waals surface area contributed by atoms with Gasteiger partial charge in [0.2, 0.25) is 5.75 Å². The molecule has 120 valence electrons. The number of hydrogen-bond acceptors (Lipinski definition) is 6. The minimum atomic E-state index is 0.540. The first-order valence-electron chi connectivity index (χ1n) is 7.08. The van der Waals surface area contributed by atoms with Gasteiger partial charge in [-0.3, -0.25) is 4.40 Å². The molecule has 0 unspecified atom stereocenters. The van der Waals surface area contributed by atoms with Crippen molar-refractivity contribution in [3.05, 3.63) is 29.6 Å². The number of ether oxygens (including phenoxy) is 3. The van der Waals surface area contributed by atoms with E-state index in [-0.39, 0.29) is 0 Å². The molecule has 3 rings (SSSR count). The molecule has 7 heteroatoms. The van der Waals surface area contributed by atoms with Crippen LogP contribution in [-0.2, 0) is 0 Å². The molecule has 0 fully saturated rings. The number of fused-ring (bicyclic) bond motifs is 1. The monoisotopic (exact) mass is 314 g/mol. The summed E-state index contributed by atoms with van der Waals surface area (Å²) in [5.41, 5.74) is 2.71. The summed E-state index contributed by atoms with van der Waals surface area (Å²) in [6, 6.07) is 5.67. The van der Waals surface area contributed by atoms with Crippen molar-refractivity contribution in [3.8, 4) is 28.6 Å². The average molecular weight is 314 g/mol. The van der Waals surface area contributed by atoms with Crippen LogP contribution in [0.1, 0.15) is 11.4 Å². The van der Waals surface area contributed by atoms with Gasteiger partial charge in [-0.1, -0.05) is 0 Å². The zero-order chi connectivity index (χ0) is 16.6. The summed E-state index contributed by atoms with van der Waals surface area (Å²) in [6.45, 7) is 3.92. The molecular formula is C16H18N4O3. The normalized spacial score (nSPS) is 10.8. The fourth-order valence-electron chi connectivity index (χ4n) is 2.63. The number of hydrogen-bond donors (Lipinski definition) is 0. The summed E-state index contributed by atoms with van der Waals surface area (Å²) < 4.78 is 18.1. The predicted molar refractivity (Wildman–Crippen MR) is 85.3 cm³/mol. The van der Waals surface area contributed by atoms with Crippen molar-refractivity contribution in [2.24, 2.45) is 0 Å². The lowest BCUT2D eigenvalue weighted by Crippen LogP contribution is -2.00. The Morgan fingerprint density at radius 3 is 2.09 bits per heavy atom. The maximum absolute atomic E-state index is 5.40. The van der Waals surface area contributed by atoms with Gasteiger partial charge in [-0.2, -0.15) is 0 Å². The molecule has 1 aromatic carbocycles. The second kappa shape index (κ2) is 5.75. The number of nitrogens with zero attached hydrogens (tertiary/aromatic N) is 4. The van der Waals surface area contributed by atoms with Gasteiger partial charge in [0.05, 0.1) is 21.3 Å². The Balaban J connectivity index is 2.27. The van der Waals surface area contributed by atoms with E-state index >= 15 is 0 Å². The standard InChI is InChI=1S/C16H18N4O3/c1-9-6-10(2)20-15(18-19-16(20)17-9)11-7-12(21-3)14(23-5)13(8-11)22-4/h6-8H,1-5H3. The van der Waals surface area contributed by atoms with E-state index in [0.717, 1.165) is 17.0 Å². The van der Waals surface area contributed by atoms with Gasteiger partial charge >= 0.3 is 0 Å². The van der Waals surface area contributed by atoms with Crippen molar-refractivity contribution in [2.45, 2.75) is 13.8 Å². The van der Waals surface area contributed by atoms with Crippen LogP contribution in [0, 0.1) is 13.8 Å². The van der Waals surface area contributed by atoms with Crippen LogP contribution in [0.25, 0.3) is 17.2 Å². The molecule has 0 saturated heterocycles. The van der Waals surface area contributed by atoms with Crippen LogP contribution < -0.4 is 14.2 Å². The van der Waals surface area contributed by atoms with Crippen molar-refractivity contribution in [1.82, 2.24) is 19.6 Å². The third-order valence-electron chi connectivity index (χ3n) is 3.62. The minimum Gasteiger partial charge on any atom is -0.493 e. The molecule has 2 aromatic heterocycles. The predicted octanol–water partition coefficient (Wildman–Crippen LogP) is 2.43. The lowest BCUT2D eigenvalue weighted by molar-refractivity contribution is 0.324. The van der Waals surface area contributed by atoms with Crippen LogP contribution in [0.3, 0.4) is 0 Å². The Hall–Kier alpha value is -2.83. The Morgan fingerprint density at radius 2 is 1.52 bits per heavy atom.